The monoisotopic (exact) mass is 338 g/mol. The second-order valence-corrected chi connectivity index (χ2v) is 4.82. The number of carbonyl (C=O) groups excluding carboxylic acids is 1. The first-order valence-electron chi connectivity index (χ1n) is 5.68. The van der Waals surface area contributed by atoms with E-state index in [1.807, 2.05) is 0 Å². The molecule has 2 rings (SSSR count). The molecule has 1 amide bonds. The van der Waals surface area contributed by atoms with Gasteiger partial charge in [0.1, 0.15) is 10.6 Å². The number of halogens is 1. The quantitative estimate of drug-likeness (QED) is 0.704. The summed E-state index contributed by atoms with van der Waals surface area (Å²) in [7, 11) is 0. The van der Waals surface area contributed by atoms with Gasteiger partial charge in [0, 0.05) is 30.1 Å². The fourth-order valence-corrected chi connectivity index (χ4v) is 1.97. The molecule has 8 heteroatoms. The van der Waals surface area contributed by atoms with E-state index in [0.717, 1.165) is 0 Å². The molecule has 0 aliphatic carbocycles. The number of rotatable bonds is 5. The van der Waals surface area contributed by atoms with Crippen LogP contribution in [0.15, 0.2) is 35.5 Å². The van der Waals surface area contributed by atoms with E-state index in [9.17, 15) is 9.59 Å². The van der Waals surface area contributed by atoms with Crippen LogP contribution in [0.25, 0.3) is 0 Å². The molecule has 104 valence electrons. The molecule has 2 aromatic heterocycles. The number of aromatic amines is 1. The number of imidazole rings is 1. The third-order valence-corrected chi connectivity index (χ3v) is 3.00. The molecule has 0 aliphatic heterocycles. The number of aliphatic carboxylic acids is 1. The van der Waals surface area contributed by atoms with Crippen molar-refractivity contribution >= 4 is 27.8 Å². The minimum atomic E-state index is -1.11. The number of amides is 1. The van der Waals surface area contributed by atoms with E-state index in [2.05, 4.69) is 36.2 Å². The van der Waals surface area contributed by atoms with E-state index in [4.69, 9.17) is 5.11 Å². The van der Waals surface area contributed by atoms with Gasteiger partial charge in [-0.05, 0) is 28.1 Å². The molecule has 3 N–H and O–H groups in total. The van der Waals surface area contributed by atoms with Crippen LogP contribution in [0.3, 0.4) is 0 Å². The average molecular weight is 339 g/mol. The predicted octanol–water partition coefficient (Wildman–Crippen LogP) is 0.993. The molecule has 0 saturated carbocycles. The maximum atomic E-state index is 12.0. The number of hydrogen-bond donors (Lipinski definition) is 3. The fraction of sp³-hybridized carbons (Fsp3) is 0.167. The third kappa shape index (κ3) is 3.64. The Morgan fingerprint density at radius 2 is 2.30 bits per heavy atom. The number of carboxylic acids is 1. The Hall–Kier alpha value is -2.22. The Balaban J connectivity index is 2.08. The summed E-state index contributed by atoms with van der Waals surface area (Å²) in [5, 5.41) is 11.6. The summed E-state index contributed by atoms with van der Waals surface area (Å²) in [6.07, 6.45) is 4.57. The van der Waals surface area contributed by atoms with Crippen LogP contribution in [-0.4, -0.2) is 38.0 Å². The highest BCUT2D eigenvalue weighted by atomic mass is 79.9. The van der Waals surface area contributed by atoms with Crippen molar-refractivity contribution in [2.45, 2.75) is 12.5 Å². The van der Waals surface area contributed by atoms with Gasteiger partial charge >= 0.3 is 5.97 Å². The molecule has 0 fully saturated rings. The van der Waals surface area contributed by atoms with Crippen molar-refractivity contribution in [1.82, 2.24) is 20.3 Å². The van der Waals surface area contributed by atoms with Crippen LogP contribution in [0.5, 0.6) is 0 Å². The number of H-pyrrole nitrogens is 1. The SMILES string of the molecule is O=C(N[C@@H](Cc1cnc[nH]1)C(=O)O)c1ccnc(Br)c1. The lowest BCUT2D eigenvalue weighted by molar-refractivity contribution is -0.139. The zero-order chi connectivity index (χ0) is 14.5. The molecule has 7 nitrogen and oxygen atoms in total. The van der Waals surface area contributed by atoms with E-state index < -0.39 is 17.9 Å². The summed E-state index contributed by atoms with van der Waals surface area (Å²) < 4.78 is 0.505. The van der Waals surface area contributed by atoms with Gasteiger partial charge in [-0.2, -0.15) is 0 Å². The highest BCUT2D eigenvalue weighted by Gasteiger charge is 2.21. The summed E-state index contributed by atoms with van der Waals surface area (Å²) in [6.45, 7) is 0. The number of pyridine rings is 1. The molecule has 0 bridgehead atoms. The van der Waals surface area contributed by atoms with Crippen molar-refractivity contribution in [3.63, 3.8) is 0 Å². The van der Waals surface area contributed by atoms with Crippen LogP contribution >= 0.6 is 15.9 Å². The Morgan fingerprint density at radius 1 is 1.50 bits per heavy atom. The summed E-state index contributed by atoms with van der Waals surface area (Å²) in [5.74, 6) is -1.58. The topological polar surface area (TPSA) is 108 Å². The zero-order valence-electron chi connectivity index (χ0n) is 10.2. The average Bonchev–Trinajstić information content (AvgIpc) is 2.90. The third-order valence-electron chi connectivity index (χ3n) is 2.57. The molecule has 0 saturated heterocycles. The van der Waals surface area contributed by atoms with Crippen LogP contribution in [0.4, 0.5) is 0 Å². The first-order valence-corrected chi connectivity index (χ1v) is 6.48. The second kappa shape index (κ2) is 6.29. The molecular weight excluding hydrogens is 328 g/mol. The Morgan fingerprint density at radius 3 is 2.90 bits per heavy atom. The largest absolute Gasteiger partial charge is 0.480 e. The van der Waals surface area contributed by atoms with Gasteiger partial charge in [-0.1, -0.05) is 0 Å². The van der Waals surface area contributed by atoms with Crippen LogP contribution in [0.2, 0.25) is 0 Å². The van der Waals surface area contributed by atoms with Gasteiger partial charge in [0.25, 0.3) is 5.91 Å². The second-order valence-electron chi connectivity index (χ2n) is 4.01. The van der Waals surface area contributed by atoms with Crippen LogP contribution in [0, 0.1) is 0 Å². The lowest BCUT2D eigenvalue weighted by atomic mass is 10.1. The first kappa shape index (κ1) is 14.2. The molecule has 0 aromatic carbocycles. The predicted molar refractivity (Wildman–Crippen MR) is 73.1 cm³/mol. The van der Waals surface area contributed by atoms with Gasteiger partial charge in [-0.3, -0.25) is 4.79 Å². The van der Waals surface area contributed by atoms with Crippen molar-refractivity contribution in [1.29, 1.82) is 0 Å². The molecule has 0 radical (unpaired) electrons. The fourth-order valence-electron chi connectivity index (χ4n) is 1.60. The van der Waals surface area contributed by atoms with Gasteiger partial charge in [0.05, 0.1) is 6.33 Å². The maximum absolute atomic E-state index is 12.0. The summed E-state index contributed by atoms with van der Waals surface area (Å²) in [5.41, 5.74) is 0.969. The summed E-state index contributed by atoms with van der Waals surface area (Å²) >= 11 is 3.15. The van der Waals surface area contributed by atoms with Crippen molar-refractivity contribution in [3.05, 3.63) is 46.7 Å². The van der Waals surface area contributed by atoms with Crippen molar-refractivity contribution < 1.29 is 14.7 Å². The minimum Gasteiger partial charge on any atom is -0.480 e. The van der Waals surface area contributed by atoms with Gasteiger partial charge in [-0.15, -0.1) is 0 Å². The van der Waals surface area contributed by atoms with E-state index in [0.29, 0.717) is 15.9 Å². The number of carbonyl (C=O) groups is 2. The zero-order valence-corrected chi connectivity index (χ0v) is 11.8. The lowest BCUT2D eigenvalue weighted by Gasteiger charge is -2.13. The van der Waals surface area contributed by atoms with Crippen molar-refractivity contribution in [2.24, 2.45) is 0 Å². The highest BCUT2D eigenvalue weighted by Crippen LogP contribution is 2.08. The molecule has 20 heavy (non-hydrogen) atoms. The van der Waals surface area contributed by atoms with Crippen molar-refractivity contribution in [3.8, 4) is 0 Å². The Kier molecular flexibility index (Phi) is 4.46. The number of carboxylic acid groups (broad SMARTS) is 1. The number of nitrogens with one attached hydrogen (secondary N) is 2. The Bertz CT molecular complexity index is 615. The normalized spacial score (nSPS) is 11.8. The molecular formula is C12H11BrN4O3. The highest BCUT2D eigenvalue weighted by molar-refractivity contribution is 9.10. The number of hydrogen-bond acceptors (Lipinski definition) is 4. The molecule has 2 aromatic rings. The first-order chi connectivity index (χ1) is 9.56. The summed E-state index contributed by atoms with van der Waals surface area (Å²) in [6, 6.07) is 1.99. The number of nitrogens with zero attached hydrogens (tertiary/aromatic N) is 2. The van der Waals surface area contributed by atoms with Gasteiger partial charge < -0.3 is 15.4 Å². The lowest BCUT2D eigenvalue weighted by Crippen LogP contribution is -2.42. The van der Waals surface area contributed by atoms with E-state index in [1.54, 1.807) is 0 Å². The van der Waals surface area contributed by atoms with Crippen LogP contribution < -0.4 is 5.32 Å². The van der Waals surface area contributed by atoms with Crippen LogP contribution in [-0.2, 0) is 11.2 Å². The van der Waals surface area contributed by atoms with E-state index in [-0.39, 0.29) is 6.42 Å². The van der Waals surface area contributed by atoms with Crippen LogP contribution in [0.1, 0.15) is 16.1 Å². The molecule has 2 heterocycles. The van der Waals surface area contributed by atoms with Gasteiger partial charge in [-0.25, -0.2) is 14.8 Å². The standard InChI is InChI=1S/C12H11BrN4O3/c13-10-3-7(1-2-15-10)11(18)17-9(12(19)20)4-8-5-14-6-16-8/h1-3,5-6,9H,4H2,(H,14,16)(H,17,18)(H,19,20)/t9-/m0/s1. The Labute approximate surface area is 122 Å². The maximum Gasteiger partial charge on any atom is 0.326 e. The molecule has 0 aliphatic rings. The summed E-state index contributed by atoms with van der Waals surface area (Å²) in [4.78, 5) is 33.7. The van der Waals surface area contributed by atoms with Crippen molar-refractivity contribution in [2.75, 3.05) is 0 Å². The van der Waals surface area contributed by atoms with E-state index in [1.165, 1.54) is 30.9 Å². The minimum absolute atomic E-state index is 0.132. The van der Waals surface area contributed by atoms with Gasteiger partial charge in [0.2, 0.25) is 0 Å². The molecule has 1 atom stereocenters. The number of aromatic nitrogens is 3. The molecule has 0 unspecified atom stereocenters. The smallest absolute Gasteiger partial charge is 0.326 e. The molecule has 0 spiro atoms. The van der Waals surface area contributed by atoms with E-state index >= 15 is 0 Å². The van der Waals surface area contributed by atoms with Gasteiger partial charge in [0.15, 0.2) is 0 Å².